The lowest BCUT2D eigenvalue weighted by Crippen LogP contribution is -2.30. The number of aliphatic hydroxyl groups excluding tert-OH is 1. The molecule has 5 rings (SSSR count). The van der Waals surface area contributed by atoms with Gasteiger partial charge in [0.15, 0.2) is 5.82 Å². The van der Waals surface area contributed by atoms with Gasteiger partial charge >= 0.3 is 0 Å². The predicted molar refractivity (Wildman–Crippen MR) is 133 cm³/mol. The summed E-state index contributed by atoms with van der Waals surface area (Å²) in [7, 11) is 1.83. The van der Waals surface area contributed by atoms with Gasteiger partial charge in [0.1, 0.15) is 30.0 Å². The van der Waals surface area contributed by atoms with Crippen LogP contribution >= 0.6 is 11.6 Å². The fourth-order valence-electron chi connectivity index (χ4n) is 4.74. The number of aromatic nitrogens is 4. The topological polar surface area (TPSA) is 93.4 Å². The molecular weight excluding hydrogens is 485 g/mol. The molecular formula is C26H25ClFN5O3. The molecule has 2 aromatic heterocycles. The third-order valence-corrected chi connectivity index (χ3v) is 6.84. The first-order valence-corrected chi connectivity index (χ1v) is 11.9. The SMILES string of the molecule is Cc1cc(-c2ncnn2C)c2cccc(OCc3c(Cl)cc(F)cc3[C@H](C)N3C[C@H](O)CC3=O)c2n1. The number of hydrogen-bond acceptors (Lipinski definition) is 6. The number of likely N-dealkylation sites (tertiary alicyclic amines) is 1. The van der Waals surface area contributed by atoms with E-state index in [0.717, 1.165) is 16.6 Å². The van der Waals surface area contributed by atoms with E-state index < -0.39 is 18.0 Å². The number of rotatable bonds is 6. The number of halogens is 2. The van der Waals surface area contributed by atoms with E-state index in [1.54, 1.807) is 11.6 Å². The second kappa shape index (κ2) is 9.48. The van der Waals surface area contributed by atoms with Gasteiger partial charge in [0, 0.05) is 35.8 Å². The quantitative estimate of drug-likeness (QED) is 0.415. The molecule has 36 heavy (non-hydrogen) atoms. The molecule has 0 aliphatic carbocycles. The first-order valence-electron chi connectivity index (χ1n) is 11.6. The molecule has 8 nitrogen and oxygen atoms in total. The zero-order valence-electron chi connectivity index (χ0n) is 20.1. The lowest BCUT2D eigenvalue weighted by molar-refractivity contribution is -0.129. The van der Waals surface area contributed by atoms with Gasteiger partial charge in [0.2, 0.25) is 5.91 Å². The molecule has 10 heteroatoms. The number of para-hydroxylation sites is 1. The van der Waals surface area contributed by atoms with Gasteiger partial charge in [-0.3, -0.25) is 4.79 Å². The van der Waals surface area contributed by atoms with Gasteiger partial charge in [-0.1, -0.05) is 23.7 Å². The highest BCUT2D eigenvalue weighted by molar-refractivity contribution is 6.31. The van der Waals surface area contributed by atoms with Crippen LogP contribution in [-0.2, 0) is 18.4 Å². The average Bonchev–Trinajstić information content (AvgIpc) is 3.41. The number of aliphatic hydroxyl groups is 1. The summed E-state index contributed by atoms with van der Waals surface area (Å²) >= 11 is 6.46. The van der Waals surface area contributed by atoms with Crippen molar-refractivity contribution < 1.29 is 19.0 Å². The summed E-state index contributed by atoms with van der Waals surface area (Å²) in [6.07, 6.45) is 0.811. The van der Waals surface area contributed by atoms with Gasteiger partial charge in [0.05, 0.1) is 23.6 Å². The fraction of sp³-hybridized carbons (Fsp3) is 0.308. The Balaban J connectivity index is 1.52. The first-order chi connectivity index (χ1) is 17.2. The van der Waals surface area contributed by atoms with Crippen molar-refractivity contribution in [1.29, 1.82) is 0 Å². The Morgan fingerprint density at radius 3 is 2.81 bits per heavy atom. The van der Waals surface area contributed by atoms with Gasteiger partial charge in [-0.05, 0) is 43.7 Å². The Bertz CT molecular complexity index is 1470. The molecule has 2 aromatic carbocycles. The molecule has 2 atom stereocenters. The first kappa shape index (κ1) is 24.1. The molecule has 1 saturated heterocycles. The van der Waals surface area contributed by atoms with Gasteiger partial charge in [0.25, 0.3) is 0 Å². The minimum Gasteiger partial charge on any atom is -0.487 e. The maximum Gasteiger partial charge on any atom is 0.225 e. The van der Waals surface area contributed by atoms with Gasteiger partial charge in [-0.15, -0.1) is 0 Å². The fourth-order valence-corrected chi connectivity index (χ4v) is 5.01. The third kappa shape index (κ3) is 4.40. The number of amides is 1. The molecule has 1 N–H and O–H groups in total. The van der Waals surface area contributed by atoms with Crippen LogP contribution in [0.1, 0.15) is 36.2 Å². The summed E-state index contributed by atoms with van der Waals surface area (Å²) in [5.74, 6) is 0.546. The number of β-amino-alcohol motifs (C(OH)–C–C–N with tert-alkyl or cyclic N) is 1. The zero-order valence-corrected chi connectivity index (χ0v) is 20.8. The van der Waals surface area contributed by atoms with Crippen LogP contribution in [0, 0.1) is 12.7 Å². The summed E-state index contributed by atoms with van der Waals surface area (Å²) < 4.78 is 22.3. The zero-order chi connectivity index (χ0) is 25.6. The van der Waals surface area contributed by atoms with Crippen molar-refractivity contribution in [3.8, 4) is 17.1 Å². The Hall–Kier alpha value is -3.56. The Labute approximate surface area is 212 Å². The van der Waals surface area contributed by atoms with Crippen molar-refractivity contribution in [3.63, 3.8) is 0 Å². The molecule has 1 aliphatic rings. The lowest BCUT2D eigenvalue weighted by Gasteiger charge is -2.27. The minimum absolute atomic E-state index is 0.0391. The smallest absolute Gasteiger partial charge is 0.225 e. The number of carbonyl (C=O) groups is 1. The van der Waals surface area contributed by atoms with E-state index >= 15 is 0 Å². The van der Waals surface area contributed by atoms with E-state index in [1.165, 1.54) is 23.4 Å². The van der Waals surface area contributed by atoms with Crippen LogP contribution in [0.15, 0.2) is 42.7 Å². The second-order valence-corrected chi connectivity index (χ2v) is 9.40. The largest absolute Gasteiger partial charge is 0.487 e. The Kier molecular flexibility index (Phi) is 6.36. The van der Waals surface area contributed by atoms with E-state index in [-0.39, 0.29) is 30.5 Å². The molecule has 0 saturated carbocycles. The van der Waals surface area contributed by atoms with Crippen LogP contribution in [0.3, 0.4) is 0 Å². The second-order valence-electron chi connectivity index (χ2n) is 8.99. The van der Waals surface area contributed by atoms with Crippen LogP contribution in [0.25, 0.3) is 22.3 Å². The summed E-state index contributed by atoms with van der Waals surface area (Å²) in [6, 6.07) is 9.69. The summed E-state index contributed by atoms with van der Waals surface area (Å²) in [5, 5.41) is 15.2. The number of ether oxygens (including phenoxy) is 1. The van der Waals surface area contributed by atoms with Crippen molar-refractivity contribution in [2.75, 3.05) is 6.54 Å². The highest BCUT2D eigenvalue weighted by Crippen LogP contribution is 2.35. The van der Waals surface area contributed by atoms with Crippen molar-refractivity contribution in [3.05, 3.63) is 70.4 Å². The van der Waals surface area contributed by atoms with Crippen molar-refractivity contribution in [2.24, 2.45) is 7.05 Å². The lowest BCUT2D eigenvalue weighted by atomic mass is 10.00. The van der Waals surface area contributed by atoms with Gasteiger partial charge < -0.3 is 14.7 Å². The number of fused-ring (bicyclic) bond motifs is 1. The summed E-state index contributed by atoms with van der Waals surface area (Å²) in [4.78, 5) is 23.0. The van der Waals surface area contributed by atoms with Crippen LogP contribution in [-0.4, -0.2) is 48.3 Å². The van der Waals surface area contributed by atoms with Gasteiger partial charge in [-0.25, -0.2) is 19.0 Å². The third-order valence-electron chi connectivity index (χ3n) is 6.51. The molecule has 1 fully saturated rings. The minimum atomic E-state index is -0.739. The maximum absolute atomic E-state index is 14.4. The molecule has 186 valence electrons. The van der Waals surface area contributed by atoms with Crippen molar-refractivity contribution in [2.45, 2.75) is 39.0 Å². The van der Waals surface area contributed by atoms with E-state index in [2.05, 4.69) is 10.1 Å². The number of pyridine rings is 1. The monoisotopic (exact) mass is 509 g/mol. The van der Waals surface area contributed by atoms with E-state index in [4.69, 9.17) is 21.3 Å². The Morgan fingerprint density at radius 1 is 1.31 bits per heavy atom. The molecule has 0 spiro atoms. The van der Waals surface area contributed by atoms with Gasteiger partial charge in [-0.2, -0.15) is 5.10 Å². The van der Waals surface area contributed by atoms with E-state index in [1.807, 2.05) is 38.2 Å². The normalized spacial score (nSPS) is 16.7. The summed E-state index contributed by atoms with van der Waals surface area (Å²) in [5.41, 5.74) is 3.42. The number of hydrogen-bond donors (Lipinski definition) is 1. The van der Waals surface area contributed by atoms with Crippen molar-refractivity contribution in [1.82, 2.24) is 24.6 Å². The molecule has 0 radical (unpaired) electrons. The number of carbonyl (C=O) groups excluding carboxylic acids is 1. The van der Waals surface area contributed by atoms with Crippen molar-refractivity contribution >= 4 is 28.4 Å². The molecule has 0 unspecified atom stereocenters. The Morgan fingerprint density at radius 2 is 2.11 bits per heavy atom. The average molecular weight is 510 g/mol. The number of nitrogens with zero attached hydrogens (tertiary/aromatic N) is 5. The van der Waals surface area contributed by atoms with Crippen LogP contribution in [0.2, 0.25) is 5.02 Å². The highest BCUT2D eigenvalue weighted by Gasteiger charge is 2.33. The molecule has 0 bridgehead atoms. The van der Waals surface area contributed by atoms with E-state index in [9.17, 15) is 14.3 Å². The number of benzene rings is 2. The standard InChI is InChI=1S/C26H25ClFN5O3/c1-14-7-20(26-29-13-30-32(26)3)18-5-4-6-23(25(18)31-14)36-12-21-19(8-16(28)9-22(21)27)15(2)33-11-17(34)10-24(33)35/h4-9,13,15,17,34H,10-12H2,1-3H3/t15-,17+/m0/s1. The highest BCUT2D eigenvalue weighted by atomic mass is 35.5. The molecule has 1 aliphatic heterocycles. The van der Waals surface area contributed by atoms with Crippen LogP contribution < -0.4 is 4.74 Å². The molecule has 1 amide bonds. The van der Waals surface area contributed by atoms with E-state index in [0.29, 0.717) is 28.2 Å². The number of aryl methyl sites for hydroxylation is 2. The molecule has 4 aromatic rings. The van der Waals surface area contributed by atoms with Crippen LogP contribution in [0.5, 0.6) is 5.75 Å². The van der Waals surface area contributed by atoms with Crippen LogP contribution in [0.4, 0.5) is 4.39 Å². The summed E-state index contributed by atoms with van der Waals surface area (Å²) in [6.45, 7) is 3.91. The predicted octanol–water partition coefficient (Wildman–Crippen LogP) is 4.36. The maximum atomic E-state index is 14.4. The molecule has 3 heterocycles.